The molecule has 0 amide bonds. The van der Waals surface area contributed by atoms with E-state index in [-0.39, 0.29) is 20.1 Å². The first-order valence-corrected chi connectivity index (χ1v) is 25.5. The second kappa shape index (κ2) is 16.8. The number of rotatable bonds is 7. The maximum Gasteiger partial charge on any atom is 0 e. The standard InChI is InChI=1S/C29H26NO.C20H20GeN.Ir/c1-18(2)21-12-13-30-27(16-21)22-10-11-24-26-15-23(20-8-6-5-7-9-20)14-25(19(3)4)29(26)31-28(24)17-22;1-21(2,3)19-12-13-20(22-15-19)18-11-7-10-17(14-18)16-8-5-4-6-9-16;/h5-9,11-19H,1-4H3;4-10,12-15H,1-3H3;/q2*-1;/i18D,19D;;. The van der Waals surface area contributed by atoms with Crippen molar-refractivity contribution in [2.24, 2.45) is 0 Å². The van der Waals surface area contributed by atoms with Crippen LogP contribution in [0.15, 0.2) is 144 Å². The van der Waals surface area contributed by atoms with E-state index >= 15 is 0 Å². The van der Waals surface area contributed by atoms with Gasteiger partial charge in [-0.15, -0.1) is 17.7 Å². The molecule has 273 valence electrons. The van der Waals surface area contributed by atoms with E-state index in [1.165, 1.54) is 15.5 Å². The second-order valence-electron chi connectivity index (χ2n) is 15.0. The summed E-state index contributed by atoms with van der Waals surface area (Å²) >= 11 is -1.79. The summed E-state index contributed by atoms with van der Waals surface area (Å²) in [5.41, 5.74) is 11.5. The van der Waals surface area contributed by atoms with Crippen molar-refractivity contribution >= 4 is 39.6 Å². The predicted octanol–water partition coefficient (Wildman–Crippen LogP) is 13.1. The minimum atomic E-state index is -1.79. The average molecular weight is 946 g/mol. The van der Waals surface area contributed by atoms with Crippen molar-refractivity contribution in [1.82, 2.24) is 9.97 Å². The van der Waals surface area contributed by atoms with E-state index in [9.17, 15) is 0 Å². The van der Waals surface area contributed by atoms with Gasteiger partial charge in [0.25, 0.3) is 0 Å². The molecule has 8 aromatic rings. The molecule has 3 nitrogen and oxygen atoms in total. The van der Waals surface area contributed by atoms with Crippen LogP contribution in [0.3, 0.4) is 0 Å². The number of pyridine rings is 2. The zero-order valence-corrected chi connectivity index (χ0v) is 36.4. The summed E-state index contributed by atoms with van der Waals surface area (Å²) in [5, 5.41) is 1.95. The number of benzene rings is 5. The maximum absolute atomic E-state index is 8.75. The van der Waals surface area contributed by atoms with Crippen molar-refractivity contribution < 1.29 is 27.3 Å². The van der Waals surface area contributed by atoms with Gasteiger partial charge in [-0.3, -0.25) is 0 Å². The molecule has 0 atom stereocenters. The minimum absolute atomic E-state index is 0. The Hall–Kier alpha value is -4.61. The number of furan rings is 1. The van der Waals surface area contributed by atoms with Crippen molar-refractivity contribution in [3.05, 3.63) is 163 Å². The van der Waals surface area contributed by atoms with Gasteiger partial charge in [0, 0.05) is 29.0 Å². The summed E-state index contributed by atoms with van der Waals surface area (Å²) in [6, 6.07) is 49.9. The van der Waals surface area contributed by atoms with Gasteiger partial charge in [0.2, 0.25) is 0 Å². The van der Waals surface area contributed by atoms with Crippen molar-refractivity contribution in [3.63, 3.8) is 0 Å². The molecule has 3 heterocycles. The van der Waals surface area contributed by atoms with Crippen molar-refractivity contribution in [2.75, 3.05) is 0 Å². The molecule has 0 aliphatic rings. The molecule has 5 heteroatoms. The van der Waals surface area contributed by atoms with Gasteiger partial charge in [0.1, 0.15) is 5.58 Å². The second-order valence-corrected chi connectivity index (χ2v) is 25.6. The van der Waals surface area contributed by atoms with Crippen LogP contribution >= 0.6 is 0 Å². The Morgan fingerprint density at radius 1 is 0.630 bits per heavy atom. The summed E-state index contributed by atoms with van der Waals surface area (Å²) in [6.45, 7) is 7.51. The fourth-order valence-electron chi connectivity index (χ4n) is 6.44. The molecule has 0 aliphatic heterocycles. The number of hydrogen-bond acceptors (Lipinski definition) is 3. The van der Waals surface area contributed by atoms with Gasteiger partial charge >= 0.3 is 135 Å². The molecule has 0 N–H and O–H groups in total. The minimum Gasteiger partial charge on any atom is 0 e. The van der Waals surface area contributed by atoms with Crippen LogP contribution in [0.5, 0.6) is 0 Å². The van der Waals surface area contributed by atoms with Crippen LogP contribution in [0.25, 0.3) is 66.7 Å². The molecule has 3 aromatic heterocycles. The smallest absolute Gasteiger partial charge is 0 e. The van der Waals surface area contributed by atoms with E-state index < -0.39 is 25.1 Å². The van der Waals surface area contributed by atoms with Crippen LogP contribution in [0.4, 0.5) is 0 Å². The summed E-state index contributed by atoms with van der Waals surface area (Å²) in [5.74, 6) is 5.64. The molecule has 0 aliphatic carbocycles. The van der Waals surface area contributed by atoms with E-state index in [0.29, 0.717) is 0 Å². The van der Waals surface area contributed by atoms with Gasteiger partial charge in [-0.1, -0.05) is 87.2 Å². The van der Waals surface area contributed by atoms with Crippen molar-refractivity contribution in [1.29, 1.82) is 0 Å². The number of hydrogen-bond donors (Lipinski definition) is 0. The third-order valence-electron chi connectivity index (χ3n) is 9.58. The Morgan fingerprint density at radius 2 is 1.31 bits per heavy atom. The van der Waals surface area contributed by atoms with Crippen LogP contribution in [0.1, 0.15) is 53.4 Å². The summed E-state index contributed by atoms with van der Waals surface area (Å²) in [4.78, 5) is 9.17. The Kier molecular flexibility index (Phi) is 11.3. The number of nitrogens with zero attached hydrogens (tertiary/aromatic N) is 2. The normalized spacial score (nSPS) is 12.4. The monoisotopic (exact) mass is 947 g/mol. The summed E-state index contributed by atoms with van der Waals surface area (Å²) < 4.78 is 24.9. The van der Waals surface area contributed by atoms with E-state index in [4.69, 9.17) is 7.16 Å². The SMILES string of the molecule is [2H]C(C)(C)c1ccnc(-c2[c-]cc3c(c2)oc2c(C([2H])(C)C)cc(-c4ccccc4)cc23)c1.[CH3][Ge]([CH3])([CH3])[c]1ccc(-c2[c-]ccc(-c3ccccc3)c2)nc1.[Ir]. The quantitative estimate of drug-likeness (QED) is 0.118. The first kappa shape index (κ1) is 36.4. The molecule has 0 fully saturated rings. The summed E-state index contributed by atoms with van der Waals surface area (Å²) in [7, 11) is 0. The molecule has 0 spiro atoms. The Labute approximate surface area is 339 Å². The molecular weight excluding hydrogens is 897 g/mol. The molecule has 0 unspecified atom stereocenters. The molecule has 54 heavy (non-hydrogen) atoms. The van der Waals surface area contributed by atoms with E-state index in [1.54, 1.807) is 6.20 Å². The Morgan fingerprint density at radius 3 is 1.94 bits per heavy atom. The third-order valence-corrected chi connectivity index (χ3v) is 13.8. The van der Waals surface area contributed by atoms with Gasteiger partial charge in [-0.05, 0) is 51.7 Å². The van der Waals surface area contributed by atoms with Gasteiger partial charge < -0.3 is 9.40 Å². The van der Waals surface area contributed by atoms with Gasteiger partial charge in [0.15, 0.2) is 0 Å². The zero-order valence-electron chi connectivity index (χ0n) is 33.9. The fourth-order valence-corrected chi connectivity index (χ4v) is 8.61. The zero-order chi connectivity index (χ0) is 39.0. The molecule has 1 radical (unpaired) electrons. The van der Waals surface area contributed by atoms with Crippen molar-refractivity contribution in [2.45, 2.75) is 56.8 Å². The van der Waals surface area contributed by atoms with Crippen LogP contribution in [0, 0.1) is 12.1 Å². The molecule has 0 saturated heterocycles. The fraction of sp³-hybridized carbons (Fsp3) is 0.184. The van der Waals surface area contributed by atoms with Crippen LogP contribution in [0.2, 0.25) is 17.3 Å². The Balaban J connectivity index is 0.000000202. The largest absolute Gasteiger partial charge is 0 e. The molecule has 0 bridgehead atoms. The third kappa shape index (κ3) is 8.68. The van der Waals surface area contributed by atoms with Crippen LogP contribution in [-0.2, 0) is 20.1 Å². The van der Waals surface area contributed by atoms with Crippen LogP contribution in [-0.4, -0.2) is 23.2 Å². The topological polar surface area (TPSA) is 38.9 Å². The van der Waals surface area contributed by atoms with Gasteiger partial charge in [-0.2, -0.15) is 0 Å². The molecule has 0 saturated carbocycles. The van der Waals surface area contributed by atoms with E-state index in [1.807, 2.05) is 82.3 Å². The average Bonchev–Trinajstić information content (AvgIpc) is 3.55. The van der Waals surface area contributed by atoms with Crippen molar-refractivity contribution in [3.8, 4) is 44.8 Å². The summed E-state index contributed by atoms with van der Waals surface area (Å²) in [6.07, 6.45) is 3.79. The number of fused-ring (bicyclic) bond motifs is 3. The van der Waals surface area contributed by atoms with Gasteiger partial charge in [-0.25, -0.2) is 0 Å². The first-order chi connectivity index (χ1) is 26.1. The maximum atomic E-state index is 8.75. The first-order valence-electron chi connectivity index (χ1n) is 19.1. The Bertz CT molecular complexity index is 2590. The molecular formula is C49H46GeIrN2O-2. The van der Waals surface area contributed by atoms with Gasteiger partial charge in [0.05, 0.1) is 5.58 Å². The number of aromatic nitrogens is 2. The van der Waals surface area contributed by atoms with Crippen LogP contribution < -0.4 is 4.40 Å². The van der Waals surface area contributed by atoms with E-state index in [2.05, 4.69) is 118 Å². The predicted molar refractivity (Wildman–Crippen MR) is 226 cm³/mol. The van der Waals surface area contributed by atoms with E-state index in [0.717, 1.165) is 66.7 Å². The molecule has 8 rings (SSSR count). The molecule has 5 aromatic carbocycles.